The van der Waals surface area contributed by atoms with Crippen LogP contribution in [0.25, 0.3) is 0 Å². The molecule has 0 radical (unpaired) electrons. The first kappa shape index (κ1) is 20.1. The van der Waals surface area contributed by atoms with Crippen LogP contribution < -0.4 is 9.47 Å². The zero-order valence-corrected chi connectivity index (χ0v) is 17.1. The third-order valence-corrected chi connectivity index (χ3v) is 6.35. The molecular weight excluding hydrogens is 359 g/mol. The summed E-state index contributed by atoms with van der Waals surface area (Å²) in [6.45, 7) is 1.41. The molecule has 0 bridgehead atoms. The van der Waals surface area contributed by atoms with Gasteiger partial charge in [-0.1, -0.05) is 21.4 Å². The minimum absolute atomic E-state index is 0.705. The van der Waals surface area contributed by atoms with Crippen LogP contribution in [0.2, 0.25) is 0 Å². The van der Waals surface area contributed by atoms with Gasteiger partial charge in [0.2, 0.25) is 0 Å². The van der Waals surface area contributed by atoms with E-state index in [1.807, 2.05) is 24.3 Å². The van der Waals surface area contributed by atoms with Gasteiger partial charge in [-0.05, 0) is 73.6 Å². The van der Waals surface area contributed by atoms with E-state index in [1.165, 1.54) is 0 Å². The molecule has 1 aromatic rings. The molecule has 0 aliphatic rings. The first-order valence-electron chi connectivity index (χ1n) is 7.33. The van der Waals surface area contributed by atoms with E-state index in [9.17, 15) is 0 Å². The Morgan fingerprint density at radius 1 is 0.727 bits per heavy atom. The number of benzene rings is 1. The zero-order valence-electron chi connectivity index (χ0n) is 13.9. The van der Waals surface area contributed by atoms with E-state index in [-0.39, 0.29) is 0 Å². The third-order valence-electron chi connectivity index (χ3n) is 2.91. The molecule has 0 aliphatic carbocycles. The lowest BCUT2D eigenvalue weighted by atomic mass is 10.3. The first-order valence-corrected chi connectivity index (χ1v) is 14.2. The Labute approximate surface area is 147 Å². The van der Waals surface area contributed by atoms with Crippen molar-refractivity contribution in [3.05, 3.63) is 24.3 Å². The summed E-state index contributed by atoms with van der Waals surface area (Å²) in [6, 6.07) is 7.80. The third kappa shape index (κ3) is 10.8. The fraction of sp³-hybridized carbons (Fsp3) is 0.625. The molecule has 0 aromatic heterocycles. The molecule has 1 aromatic carbocycles. The lowest BCUT2D eigenvalue weighted by Crippen LogP contribution is -2.04. The molecule has 22 heavy (non-hydrogen) atoms. The quantitative estimate of drug-likeness (QED) is 0.482. The van der Waals surface area contributed by atoms with Gasteiger partial charge in [0, 0.05) is 0 Å². The van der Waals surface area contributed by atoms with Crippen LogP contribution in [0.5, 0.6) is 11.5 Å². The lowest BCUT2D eigenvalue weighted by Gasteiger charge is -2.21. The number of halogens is 2. The molecule has 2 nitrogen and oxygen atoms in total. The minimum atomic E-state index is -0.944. The average Bonchev–Trinajstić information content (AvgIpc) is 2.39. The van der Waals surface area contributed by atoms with Gasteiger partial charge >= 0.3 is 0 Å². The Morgan fingerprint density at radius 2 is 1.05 bits per heavy atom. The smallest absolute Gasteiger partial charge is 0.119 e. The standard InChI is InChI=1S/C16H28Cl2O2S2/c1-21(2,17)13-5-11-19-15-7-9-16(10-8-15)20-12-6-14-22(3,4)18/h7-10H,5-6,11-14H2,1-4H3. The normalized spacial score (nSPS) is 13.7. The van der Waals surface area contributed by atoms with E-state index in [0.29, 0.717) is 13.2 Å². The summed E-state index contributed by atoms with van der Waals surface area (Å²) in [5.41, 5.74) is 0. The van der Waals surface area contributed by atoms with Crippen LogP contribution >= 0.6 is 39.8 Å². The van der Waals surface area contributed by atoms with Crippen molar-refractivity contribution >= 4 is 39.8 Å². The Bertz CT molecular complexity index is 384. The van der Waals surface area contributed by atoms with Crippen LogP contribution in [-0.2, 0) is 0 Å². The van der Waals surface area contributed by atoms with E-state index in [2.05, 4.69) is 25.0 Å². The van der Waals surface area contributed by atoms with Crippen molar-refractivity contribution in [3.63, 3.8) is 0 Å². The Balaban J connectivity index is 2.22. The van der Waals surface area contributed by atoms with Gasteiger partial charge in [0.05, 0.1) is 13.2 Å². The molecule has 0 saturated heterocycles. The van der Waals surface area contributed by atoms with Crippen molar-refractivity contribution in [2.45, 2.75) is 12.8 Å². The highest BCUT2D eigenvalue weighted by atomic mass is 35.7. The predicted octanol–water partition coefficient (Wildman–Crippen LogP) is 5.66. The van der Waals surface area contributed by atoms with Crippen molar-refractivity contribution in [3.8, 4) is 11.5 Å². The van der Waals surface area contributed by atoms with Crippen molar-refractivity contribution in [1.29, 1.82) is 0 Å². The molecule has 0 saturated carbocycles. The maximum Gasteiger partial charge on any atom is 0.119 e. The second kappa shape index (κ2) is 9.41. The van der Waals surface area contributed by atoms with Crippen molar-refractivity contribution in [1.82, 2.24) is 0 Å². The van der Waals surface area contributed by atoms with Crippen LogP contribution in [0, 0.1) is 0 Å². The number of ether oxygens (including phenoxy) is 2. The Kier molecular flexibility index (Phi) is 8.62. The molecule has 1 rings (SSSR count). The molecule has 130 valence electrons. The molecule has 0 aliphatic heterocycles. The topological polar surface area (TPSA) is 18.5 Å². The molecule has 0 unspecified atom stereocenters. The summed E-state index contributed by atoms with van der Waals surface area (Å²) in [6.07, 6.45) is 10.4. The summed E-state index contributed by atoms with van der Waals surface area (Å²) < 4.78 is 11.4. The van der Waals surface area contributed by atoms with Gasteiger partial charge in [-0.3, -0.25) is 0 Å². The van der Waals surface area contributed by atoms with Gasteiger partial charge < -0.3 is 9.47 Å². The molecule has 0 atom stereocenters. The second-order valence-electron chi connectivity index (χ2n) is 6.09. The van der Waals surface area contributed by atoms with Crippen LogP contribution in [-0.4, -0.2) is 49.7 Å². The van der Waals surface area contributed by atoms with Gasteiger partial charge in [0.15, 0.2) is 0 Å². The number of rotatable bonds is 10. The predicted molar refractivity (Wildman–Crippen MR) is 107 cm³/mol. The minimum Gasteiger partial charge on any atom is -0.494 e. The van der Waals surface area contributed by atoms with Crippen LogP contribution in [0.1, 0.15) is 12.8 Å². The summed E-state index contributed by atoms with van der Waals surface area (Å²) in [7, 11) is 10.6. The molecule has 0 heterocycles. The van der Waals surface area contributed by atoms with Gasteiger partial charge in [0.1, 0.15) is 11.5 Å². The van der Waals surface area contributed by atoms with Crippen LogP contribution in [0.4, 0.5) is 0 Å². The molecular formula is C16H28Cl2O2S2. The Morgan fingerprint density at radius 3 is 1.32 bits per heavy atom. The Hall–Kier alpha value is 0.1000. The molecule has 0 amide bonds. The van der Waals surface area contributed by atoms with Gasteiger partial charge in [0.25, 0.3) is 0 Å². The van der Waals surface area contributed by atoms with E-state index in [4.69, 9.17) is 30.8 Å². The van der Waals surface area contributed by atoms with E-state index in [0.717, 1.165) is 35.8 Å². The average molecular weight is 387 g/mol. The summed E-state index contributed by atoms with van der Waals surface area (Å²) in [5.74, 6) is 3.80. The second-order valence-corrected chi connectivity index (χ2v) is 17.5. The van der Waals surface area contributed by atoms with Gasteiger partial charge in [-0.15, -0.1) is 0 Å². The van der Waals surface area contributed by atoms with Crippen molar-refractivity contribution < 1.29 is 9.47 Å². The summed E-state index contributed by atoms with van der Waals surface area (Å²) in [5, 5.41) is 0. The first-order chi connectivity index (χ1) is 10.2. The molecule has 0 N–H and O–H groups in total. The highest BCUT2D eigenvalue weighted by Gasteiger charge is 2.07. The van der Waals surface area contributed by atoms with Crippen molar-refractivity contribution in [2.24, 2.45) is 0 Å². The van der Waals surface area contributed by atoms with Crippen LogP contribution in [0.15, 0.2) is 24.3 Å². The maximum atomic E-state index is 6.23. The fourth-order valence-electron chi connectivity index (χ4n) is 1.82. The largest absolute Gasteiger partial charge is 0.494 e. The summed E-state index contributed by atoms with van der Waals surface area (Å²) in [4.78, 5) is 0. The molecule has 0 fully saturated rings. The maximum absolute atomic E-state index is 6.23. The van der Waals surface area contributed by atoms with Crippen LogP contribution in [0.3, 0.4) is 0 Å². The monoisotopic (exact) mass is 386 g/mol. The molecule has 6 heteroatoms. The van der Waals surface area contributed by atoms with Gasteiger partial charge in [-0.2, -0.15) is 18.5 Å². The summed E-state index contributed by atoms with van der Waals surface area (Å²) >= 11 is 0. The highest BCUT2D eigenvalue weighted by Crippen LogP contribution is 2.46. The lowest BCUT2D eigenvalue weighted by molar-refractivity contribution is 0.310. The molecule has 0 spiro atoms. The van der Waals surface area contributed by atoms with E-state index in [1.54, 1.807) is 0 Å². The number of hydrogen-bond donors (Lipinski definition) is 0. The van der Waals surface area contributed by atoms with E-state index < -0.39 is 18.5 Å². The van der Waals surface area contributed by atoms with Crippen molar-refractivity contribution in [2.75, 3.05) is 49.7 Å². The van der Waals surface area contributed by atoms with E-state index >= 15 is 0 Å². The number of hydrogen-bond acceptors (Lipinski definition) is 2. The van der Waals surface area contributed by atoms with Gasteiger partial charge in [-0.25, -0.2) is 0 Å². The highest BCUT2D eigenvalue weighted by molar-refractivity contribution is 8.50. The zero-order chi connectivity index (χ0) is 16.6. The fourth-order valence-corrected chi connectivity index (χ4v) is 4.08. The SMILES string of the molecule is CS(C)(Cl)CCCOc1ccc(OCCCS(C)(C)Cl)cc1.